The summed E-state index contributed by atoms with van der Waals surface area (Å²) in [4.78, 5) is 34.5. The number of nitro groups is 1. The van der Waals surface area contributed by atoms with Gasteiger partial charge in [0.1, 0.15) is 0 Å². The van der Waals surface area contributed by atoms with E-state index in [2.05, 4.69) is 20.6 Å². The lowest BCUT2D eigenvalue weighted by atomic mass is 10.1. The van der Waals surface area contributed by atoms with Crippen molar-refractivity contribution >= 4 is 40.1 Å². The highest BCUT2D eigenvalue weighted by molar-refractivity contribution is 7.11. The fourth-order valence-electron chi connectivity index (χ4n) is 2.67. The molecule has 0 saturated carbocycles. The van der Waals surface area contributed by atoms with Gasteiger partial charge in [-0.25, -0.2) is 4.68 Å². The molecule has 1 aliphatic rings. The SMILES string of the molecule is CC(=O)c1nn(-c2ccc([N+](=O)[O-])cc2)/c(=N\N=C2/C(=O)Nc3ccccc32)s1. The van der Waals surface area contributed by atoms with Crippen molar-refractivity contribution < 1.29 is 14.5 Å². The molecular weight excluding hydrogens is 396 g/mol. The minimum absolute atomic E-state index is 0.0747. The van der Waals surface area contributed by atoms with Crippen LogP contribution in [0.2, 0.25) is 0 Å². The Morgan fingerprint density at radius 3 is 2.59 bits per heavy atom. The molecule has 4 rings (SSSR count). The molecule has 11 heteroatoms. The Hall–Kier alpha value is -3.99. The van der Waals surface area contributed by atoms with E-state index in [9.17, 15) is 19.7 Å². The summed E-state index contributed by atoms with van der Waals surface area (Å²) >= 11 is 1.00. The number of Topliss-reactive ketones (excluding diaryl/α,β-unsaturated/α-hetero) is 1. The average Bonchev–Trinajstić information content (AvgIpc) is 3.27. The average molecular weight is 408 g/mol. The summed E-state index contributed by atoms with van der Waals surface area (Å²) in [7, 11) is 0. The molecule has 1 aliphatic heterocycles. The quantitative estimate of drug-likeness (QED) is 0.402. The molecule has 144 valence electrons. The molecule has 10 nitrogen and oxygen atoms in total. The number of nitrogens with one attached hydrogen (secondary N) is 1. The summed E-state index contributed by atoms with van der Waals surface area (Å²) in [6.07, 6.45) is 0. The number of para-hydroxylation sites is 1. The topological polar surface area (TPSA) is 132 Å². The first kappa shape index (κ1) is 18.4. The van der Waals surface area contributed by atoms with Crippen molar-refractivity contribution in [2.24, 2.45) is 10.2 Å². The Morgan fingerprint density at radius 1 is 1.17 bits per heavy atom. The Bertz CT molecular complexity index is 1260. The molecule has 1 N–H and O–H groups in total. The standard InChI is InChI=1S/C18H12N6O4S/c1-10(25)17-22-23(11-6-8-12(9-7-11)24(27)28)18(29-17)21-20-15-13-4-2-3-5-14(13)19-16(15)26/h2-9H,1H3,(H,19,20,26)/b21-18+. The Labute approximate surface area is 167 Å². The van der Waals surface area contributed by atoms with Gasteiger partial charge < -0.3 is 5.32 Å². The summed E-state index contributed by atoms with van der Waals surface area (Å²) in [5.74, 6) is -0.642. The van der Waals surface area contributed by atoms with Gasteiger partial charge in [-0.05, 0) is 18.2 Å². The van der Waals surface area contributed by atoms with Crippen molar-refractivity contribution in [3.63, 3.8) is 0 Å². The molecule has 2 heterocycles. The summed E-state index contributed by atoms with van der Waals surface area (Å²) in [6.45, 7) is 1.37. The third-order valence-electron chi connectivity index (χ3n) is 4.05. The lowest BCUT2D eigenvalue weighted by molar-refractivity contribution is -0.384. The first-order valence-electron chi connectivity index (χ1n) is 8.32. The predicted molar refractivity (Wildman–Crippen MR) is 105 cm³/mol. The molecule has 0 unspecified atom stereocenters. The number of ketones is 1. The number of hydrogen-bond donors (Lipinski definition) is 1. The van der Waals surface area contributed by atoms with E-state index in [4.69, 9.17) is 0 Å². The van der Waals surface area contributed by atoms with E-state index in [-0.39, 0.29) is 32.9 Å². The minimum atomic E-state index is -0.510. The second-order valence-corrected chi connectivity index (χ2v) is 6.94. The van der Waals surface area contributed by atoms with Crippen molar-refractivity contribution in [1.29, 1.82) is 0 Å². The number of nitrogens with zero attached hydrogens (tertiary/aromatic N) is 5. The van der Waals surface area contributed by atoms with Gasteiger partial charge in [-0.15, -0.1) is 10.2 Å². The molecule has 1 aromatic heterocycles. The van der Waals surface area contributed by atoms with Crippen LogP contribution in [0.5, 0.6) is 0 Å². The van der Waals surface area contributed by atoms with Gasteiger partial charge in [0, 0.05) is 24.6 Å². The van der Waals surface area contributed by atoms with E-state index in [1.807, 2.05) is 0 Å². The fraction of sp³-hybridized carbons (Fsp3) is 0.0556. The summed E-state index contributed by atoms with van der Waals surface area (Å²) in [6, 6.07) is 12.7. The smallest absolute Gasteiger partial charge is 0.276 e. The van der Waals surface area contributed by atoms with Crippen LogP contribution in [0.25, 0.3) is 5.69 Å². The van der Waals surface area contributed by atoms with E-state index >= 15 is 0 Å². The minimum Gasteiger partial charge on any atom is -0.320 e. The highest BCUT2D eigenvalue weighted by Crippen LogP contribution is 2.22. The van der Waals surface area contributed by atoms with Gasteiger partial charge >= 0.3 is 0 Å². The van der Waals surface area contributed by atoms with Crippen LogP contribution in [0.4, 0.5) is 11.4 Å². The van der Waals surface area contributed by atoms with Gasteiger partial charge in [0.05, 0.1) is 16.3 Å². The van der Waals surface area contributed by atoms with Gasteiger partial charge in [0.15, 0.2) is 16.5 Å². The number of rotatable bonds is 4. The Balaban J connectivity index is 1.82. The number of anilines is 1. The van der Waals surface area contributed by atoms with Crippen LogP contribution in [-0.2, 0) is 4.79 Å². The number of carbonyl (C=O) groups excluding carboxylic acids is 2. The summed E-state index contributed by atoms with van der Waals surface area (Å²) < 4.78 is 1.36. The number of amides is 1. The van der Waals surface area contributed by atoms with E-state index in [1.54, 1.807) is 24.3 Å². The number of benzene rings is 2. The van der Waals surface area contributed by atoms with Gasteiger partial charge in [0.2, 0.25) is 4.80 Å². The van der Waals surface area contributed by atoms with E-state index in [0.717, 1.165) is 11.3 Å². The highest BCUT2D eigenvalue weighted by atomic mass is 32.1. The zero-order valence-electron chi connectivity index (χ0n) is 14.9. The van der Waals surface area contributed by atoms with E-state index in [1.165, 1.54) is 35.9 Å². The van der Waals surface area contributed by atoms with Crippen molar-refractivity contribution in [3.05, 3.63) is 74.0 Å². The van der Waals surface area contributed by atoms with Crippen LogP contribution < -0.4 is 10.1 Å². The van der Waals surface area contributed by atoms with Crippen molar-refractivity contribution in [1.82, 2.24) is 9.78 Å². The molecule has 2 aromatic carbocycles. The molecule has 0 saturated heterocycles. The maximum absolute atomic E-state index is 12.2. The van der Waals surface area contributed by atoms with Crippen LogP contribution in [-0.4, -0.2) is 32.1 Å². The number of fused-ring (bicyclic) bond motifs is 1. The molecule has 0 aliphatic carbocycles. The lowest BCUT2D eigenvalue weighted by Crippen LogP contribution is -2.16. The fourth-order valence-corrected chi connectivity index (χ4v) is 3.42. The number of non-ortho nitro benzene ring substituents is 1. The zero-order chi connectivity index (χ0) is 20.5. The van der Waals surface area contributed by atoms with Crippen LogP contribution >= 0.6 is 11.3 Å². The van der Waals surface area contributed by atoms with Gasteiger partial charge in [-0.1, -0.05) is 29.5 Å². The number of aromatic nitrogens is 2. The largest absolute Gasteiger partial charge is 0.320 e. The highest BCUT2D eigenvalue weighted by Gasteiger charge is 2.25. The first-order chi connectivity index (χ1) is 13.9. The molecule has 0 fully saturated rings. The molecule has 0 atom stereocenters. The van der Waals surface area contributed by atoms with Crippen LogP contribution in [0.15, 0.2) is 58.7 Å². The van der Waals surface area contributed by atoms with Crippen LogP contribution in [0.1, 0.15) is 22.3 Å². The summed E-state index contributed by atoms with van der Waals surface area (Å²) in [5, 5.41) is 26.2. The lowest BCUT2D eigenvalue weighted by Gasteiger charge is -2.00. The second kappa shape index (κ2) is 7.20. The molecule has 3 aromatic rings. The molecule has 0 radical (unpaired) electrons. The van der Waals surface area contributed by atoms with Crippen molar-refractivity contribution in [2.75, 3.05) is 5.32 Å². The molecule has 1 amide bonds. The molecule has 0 bridgehead atoms. The molecular formula is C18H12N6O4S. The monoisotopic (exact) mass is 408 g/mol. The second-order valence-electron chi connectivity index (χ2n) is 5.98. The Morgan fingerprint density at radius 2 is 1.90 bits per heavy atom. The molecule has 29 heavy (non-hydrogen) atoms. The zero-order valence-corrected chi connectivity index (χ0v) is 15.7. The molecule has 0 spiro atoms. The van der Waals surface area contributed by atoms with Crippen LogP contribution in [0, 0.1) is 10.1 Å². The van der Waals surface area contributed by atoms with Crippen molar-refractivity contribution in [2.45, 2.75) is 6.92 Å². The Kier molecular flexibility index (Phi) is 4.56. The van der Waals surface area contributed by atoms with E-state index < -0.39 is 4.92 Å². The number of hydrogen-bond acceptors (Lipinski definition) is 8. The predicted octanol–water partition coefficient (Wildman–Crippen LogP) is 2.30. The van der Waals surface area contributed by atoms with Gasteiger partial charge in [-0.2, -0.15) is 5.10 Å². The maximum atomic E-state index is 12.2. The van der Waals surface area contributed by atoms with Gasteiger partial charge in [-0.3, -0.25) is 19.7 Å². The third-order valence-corrected chi connectivity index (χ3v) is 5.05. The number of nitro benzene ring substituents is 1. The normalized spacial score (nSPS) is 14.7. The van der Waals surface area contributed by atoms with E-state index in [0.29, 0.717) is 16.9 Å². The van der Waals surface area contributed by atoms with Crippen molar-refractivity contribution in [3.8, 4) is 5.69 Å². The van der Waals surface area contributed by atoms with Gasteiger partial charge in [0.25, 0.3) is 11.6 Å². The maximum Gasteiger partial charge on any atom is 0.276 e. The third kappa shape index (κ3) is 3.46. The first-order valence-corrected chi connectivity index (χ1v) is 9.14. The summed E-state index contributed by atoms with van der Waals surface area (Å²) in [5.41, 5.74) is 1.81. The number of carbonyl (C=O) groups is 2. The van der Waals surface area contributed by atoms with Crippen LogP contribution in [0.3, 0.4) is 0 Å².